The second-order valence-corrected chi connectivity index (χ2v) is 9.43. The minimum Gasteiger partial charge on any atom is -0.378 e. The molecule has 0 aromatic heterocycles. The highest BCUT2D eigenvalue weighted by molar-refractivity contribution is 5.56. The van der Waals surface area contributed by atoms with Crippen LogP contribution < -0.4 is 0 Å². The maximum absolute atomic E-state index is 6.41. The standard InChI is InChI=1S/C25H38O/c1-14-15(2)19(6)24(9,18(14)5)23(22-12-11-13-26-22)25(10)20(7)16(3)17(4)21(25)8/h22-23H,11-13H2,1-10H3. The third-order valence-electron chi connectivity index (χ3n) is 9.07. The Kier molecular flexibility index (Phi) is 4.71. The van der Waals surface area contributed by atoms with Gasteiger partial charge in [0.25, 0.3) is 0 Å². The molecule has 1 fully saturated rings. The largest absolute Gasteiger partial charge is 0.378 e. The second-order valence-electron chi connectivity index (χ2n) is 9.43. The quantitative estimate of drug-likeness (QED) is 0.522. The number of hydrogen-bond donors (Lipinski definition) is 0. The van der Waals surface area contributed by atoms with Gasteiger partial charge in [-0.2, -0.15) is 0 Å². The Labute approximate surface area is 161 Å². The molecular formula is C25H38O. The highest BCUT2D eigenvalue weighted by Crippen LogP contribution is 2.64. The lowest BCUT2D eigenvalue weighted by atomic mass is 9.53. The number of rotatable bonds is 3. The summed E-state index contributed by atoms with van der Waals surface area (Å²) in [5.41, 5.74) is 12.3. The van der Waals surface area contributed by atoms with Crippen LogP contribution in [-0.4, -0.2) is 12.7 Å². The average Bonchev–Trinajstić information content (AvgIpc) is 3.23. The first-order valence-corrected chi connectivity index (χ1v) is 10.3. The van der Waals surface area contributed by atoms with Crippen molar-refractivity contribution in [1.82, 2.24) is 0 Å². The molecule has 1 unspecified atom stereocenters. The van der Waals surface area contributed by atoms with E-state index in [1.807, 2.05) is 0 Å². The zero-order valence-corrected chi connectivity index (χ0v) is 18.7. The molecule has 0 radical (unpaired) electrons. The Morgan fingerprint density at radius 3 is 1.31 bits per heavy atom. The molecule has 0 N–H and O–H groups in total. The smallest absolute Gasteiger partial charge is 0.0627 e. The van der Waals surface area contributed by atoms with E-state index in [9.17, 15) is 0 Å². The molecule has 26 heavy (non-hydrogen) atoms. The zero-order valence-electron chi connectivity index (χ0n) is 18.7. The third kappa shape index (κ3) is 2.25. The van der Waals surface area contributed by atoms with Crippen LogP contribution in [-0.2, 0) is 4.74 Å². The Hall–Kier alpha value is -1.08. The summed E-state index contributed by atoms with van der Waals surface area (Å²) >= 11 is 0. The molecular weight excluding hydrogens is 316 g/mol. The molecule has 1 atom stereocenters. The van der Waals surface area contributed by atoms with Gasteiger partial charge in [-0.05, 0) is 90.5 Å². The van der Waals surface area contributed by atoms with E-state index in [-0.39, 0.29) is 10.8 Å². The van der Waals surface area contributed by atoms with Gasteiger partial charge in [0.15, 0.2) is 0 Å². The number of ether oxygens (including phenoxy) is 1. The van der Waals surface area contributed by atoms with E-state index in [1.54, 1.807) is 22.3 Å². The van der Waals surface area contributed by atoms with Crippen molar-refractivity contribution in [2.45, 2.75) is 88.2 Å². The minimum atomic E-state index is 0.0609. The average molecular weight is 355 g/mol. The van der Waals surface area contributed by atoms with Gasteiger partial charge in [0.05, 0.1) is 6.10 Å². The topological polar surface area (TPSA) is 9.23 Å². The molecule has 1 heteroatoms. The van der Waals surface area contributed by atoms with Crippen LogP contribution in [0.4, 0.5) is 0 Å². The van der Waals surface area contributed by atoms with E-state index in [2.05, 4.69) is 69.2 Å². The van der Waals surface area contributed by atoms with Gasteiger partial charge in [-0.1, -0.05) is 36.1 Å². The zero-order chi connectivity index (χ0) is 19.6. The van der Waals surface area contributed by atoms with Gasteiger partial charge < -0.3 is 4.74 Å². The molecule has 144 valence electrons. The van der Waals surface area contributed by atoms with Crippen molar-refractivity contribution in [3.63, 3.8) is 0 Å². The van der Waals surface area contributed by atoms with E-state index in [0.717, 1.165) is 6.61 Å². The molecule has 0 bridgehead atoms. The lowest BCUT2D eigenvalue weighted by molar-refractivity contribution is -0.0146. The van der Waals surface area contributed by atoms with Crippen molar-refractivity contribution < 1.29 is 4.74 Å². The van der Waals surface area contributed by atoms with Crippen molar-refractivity contribution in [3.05, 3.63) is 44.6 Å². The number of allylic oxidation sites excluding steroid dienone is 8. The predicted molar refractivity (Wildman–Crippen MR) is 112 cm³/mol. The van der Waals surface area contributed by atoms with Crippen LogP contribution in [0.15, 0.2) is 44.6 Å². The fourth-order valence-corrected chi connectivity index (χ4v) is 6.36. The van der Waals surface area contributed by atoms with Gasteiger partial charge >= 0.3 is 0 Å². The number of hydrogen-bond acceptors (Lipinski definition) is 1. The summed E-state index contributed by atoms with van der Waals surface area (Å²) < 4.78 is 6.41. The van der Waals surface area contributed by atoms with Crippen molar-refractivity contribution >= 4 is 0 Å². The van der Waals surface area contributed by atoms with Gasteiger partial charge in [-0.15, -0.1) is 0 Å². The van der Waals surface area contributed by atoms with Crippen LogP contribution in [0.2, 0.25) is 0 Å². The molecule has 1 nitrogen and oxygen atoms in total. The summed E-state index contributed by atoms with van der Waals surface area (Å²) in [6, 6.07) is 0. The Balaban J connectivity index is 2.28. The minimum absolute atomic E-state index is 0.0609. The monoisotopic (exact) mass is 354 g/mol. The van der Waals surface area contributed by atoms with Crippen molar-refractivity contribution in [1.29, 1.82) is 0 Å². The van der Waals surface area contributed by atoms with Crippen LogP contribution >= 0.6 is 0 Å². The normalized spacial score (nSPS) is 28.5. The highest BCUT2D eigenvalue weighted by atomic mass is 16.5. The van der Waals surface area contributed by atoms with Crippen molar-refractivity contribution in [2.24, 2.45) is 16.7 Å². The molecule has 3 aliphatic rings. The lowest BCUT2D eigenvalue weighted by Crippen LogP contribution is -2.48. The summed E-state index contributed by atoms with van der Waals surface area (Å²) in [5.74, 6) is 0.442. The van der Waals surface area contributed by atoms with Gasteiger partial charge in [-0.3, -0.25) is 0 Å². The molecule has 2 aliphatic carbocycles. The van der Waals surface area contributed by atoms with Crippen LogP contribution in [0, 0.1) is 16.7 Å². The first kappa shape index (κ1) is 19.7. The fraction of sp³-hybridized carbons (Fsp3) is 0.680. The molecule has 0 saturated carbocycles. The van der Waals surface area contributed by atoms with E-state index >= 15 is 0 Å². The van der Waals surface area contributed by atoms with Crippen LogP contribution in [0.1, 0.15) is 82.1 Å². The van der Waals surface area contributed by atoms with E-state index in [0.29, 0.717) is 12.0 Å². The fourth-order valence-electron chi connectivity index (χ4n) is 6.36. The summed E-state index contributed by atoms with van der Waals surface area (Å²) in [5, 5.41) is 0. The molecule has 0 aromatic carbocycles. The molecule has 1 saturated heterocycles. The molecule has 1 heterocycles. The maximum atomic E-state index is 6.41. The highest BCUT2D eigenvalue weighted by Gasteiger charge is 2.57. The summed E-state index contributed by atoms with van der Waals surface area (Å²) in [6.07, 6.45) is 2.71. The molecule has 0 amide bonds. The van der Waals surface area contributed by atoms with E-state index in [1.165, 1.54) is 35.1 Å². The first-order valence-electron chi connectivity index (χ1n) is 10.3. The SMILES string of the molecule is CC1=C(C)C(C)(C(C2CCCO2)C2(C)C(C)=C(C)C(C)=C2C)C(C)=C1C. The first-order chi connectivity index (χ1) is 12.0. The van der Waals surface area contributed by atoms with Gasteiger partial charge in [0.2, 0.25) is 0 Å². The molecule has 0 aromatic rings. The van der Waals surface area contributed by atoms with E-state index in [4.69, 9.17) is 4.74 Å². The van der Waals surface area contributed by atoms with E-state index < -0.39 is 0 Å². The second kappa shape index (κ2) is 6.23. The van der Waals surface area contributed by atoms with Crippen LogP contribution in [0.25, 0.3) is 0 Å². The van der Waals surface area contributed by atoms with Gasteiger partial charge in [-0.25, -0.2) is 0 Å². The van der Waals surface area contributed by atoms with Crippen LogP contribution in [0.3, 0.4) is 0 Å². The van der Waals surface area contributed by atoms with Gasteiger partial charge in [0, 0.05) is 23.4 Å². The Bertz CT molecular complexity index is 656. The van der Waals surface area contributed by atoms with Crippen LogP contribution in [0.5, 0.6) is 0 Å². The Morgan fingerprint density at radius 2 is 1.04 bits per heavy atom. The molecule has 1 aliphatic heterocycles. The molecule has 3 rings (SSSR count). The van der Waals surface area contributed by atoms with Gasteiger partial charge in [0.1, 0.15) is 0 Å². The summed E-state index contributed by atoms with van der Waals surface area (Å²) in [6.45, 7) is 24.6. The van der Waals surface area contributed by atoms with Crippen molar-refractivity contribution in [2.75, 3.05) is 6.61 Å². The Morgan fingerprint density at radius 1 is 0.692 bits per heavy atom. The summed E-state index contributed by atoms with van der Waals surface area (Å²) in [7, 11) is 0. The maximum Gasteiger partial charge on any atom is 0.0627 e. The predicted octanol–water partition coefficient (Wildman–Crippen LogP) is 7.17. The third-order valence-corrected chi connectivity index (χ3v) is 9.07. The molecule has 0 spiro atoms. The van der Waals surface area contributed by atoms with Crippen molar-refractivity contribution in [3.8, 4) is 0 Å². The summed E-state index contributed by atoms with van der Waals surface area (Å²) in [4.78, 5) is 0. The lowest BCUT2D eigenvalue weighted by Gasteiger charge is -2.51.